The number of halogens is 9. The Morgan fingerprint density at radius 1 is 0.688 bits per heavy atom. The predicted octanol–water partition coefficient (Wildman–Crippen LogP) is 4.07. The first-order valence-corrected chi connectivity index (χ1v) is 3.76. The molecule has 0 spiro atoms. The largest absolute Gasteiger partial charge is 0.395 e. The van der Waals surface area contributed by atoms with E-state index in [1.165, 1.54) is 0 Å². The van der Waals surface area contributed by atoms with Crippen LogP contribution < -0.4 is 0 Å². The lowest BCUT2D eigenvalue weighted by Gasteiger charge is -2.32. The Balaban J connectivity index is 5.14. The zero-order chi connectivity index (χ0) is 13.4. The Kier molecular flexibility index (Phi) is 3.83. The number of hydrogen-bond acceptors (Lipinski definition) is 0. The van der Waals surface area contributed by atoms with E-state index in [4.69, 9.17) is 0 Å². The van der Waals surface area contributed by atoms with Gasteiger partial charge in [-0.1, -0.05) is 0 Å². The molecular weight excluding hydrogens is 255 g/mol. The van der Waals surface area contributed by atoms with Gasteiger partial charge in [-0.2, -0.15) is 39.5 Å². The van der Waals surface area contributed by atoms with Gasteiger partial charge in [0.1, 0.15) is 6.42 Å². The van der Waals surface area contributed by atoms with Gasteiger partial charge in [0.25, 0.3) is 0 Å². The Morgan fingerprint density at radius 3 is 1.31 bits per heavy atom. The summed E-state index contributed by atoms with van der Waals surface area (Å²) in [5.74, 6) is -17.3. The van der Waals surface area contributed by atoms with Gasteiger partial charge in [-0.05, 0) is 6.92 Å². The van der Waals surface area contributed by atoms with Crippen LogP contribution in [0.25, 0.3) is 0 Å². The molecule has 0 unspecified atom stereocenters. The van der Waals surface area contributed by atoms with Gasteiger partial charge in [0, 0.05) is 6.42 Å². The Hall–Kier alpha value is -0.630. The monoisotopic (exact) mass is 261 g/mol. The molecule has 1 radical (unpaired) electrons. The summed E-state index contributed by atoms with van der Waals surface area (Å²) in [4.78, 5) is 0. The lowest BCUT2D eigenvalue weighted by atomic mass is 10.00. The zero-order valence-electron chi connectivity index (χ0n) is 7.52. The molecule has 0 aliphatic heterocycles. The molecule has 0 saturated carbocycles. The normalized spacial score (nSPS) is 15.4. The topological polar surface area (TPSA) is 0 Å². The minimum atomic E-state index is -6.10. The molecule has 0 nitrogen and oxygen atoms in total. The van der Waals surface area contributed by atoms with Crippen molar-refractivity contribution < 1.29 is 39.5 Å². The summed E-state index contributed by atoms with van der Waals surface area (Å²) >= 11 is 0. The summed E-state index contributed by atoms with van der Waals surface area (Å²) in [7, 11) is 0. The lowest BCUT2D eigenvalue weighted by molar-refractivity contribution is -0.330. The molecule has 0 N–H and O–H groups in total. The molecule has 0 rings (SSSR count). The average Bonchev–Trinajstić information content (AvgIpc) is 1.99. The van der Waals surface area contributed by atoms with Gasteiger partial charge in [-0.25, -0.2) is 0 Å². The van der Waals surface area contributed by atoms with E-state index < -0.39 is 36.8 Å². The van der Waals surface area contributed by atoms with Gasteiger partial charge < -0.3 is 0 Å². The molecule has 0 bridgehead atoms. The zero-order valence-corrected chi connectivity index (χ0v) is 7.52. The molecule has 0 saturated heterocycles. The molecule has 16 heavy (non-hydrogen) atoms. The Morgan fingerprint density at radius 2 is 1.06 bits per heavy atom. The first kappa shape index (κ1) is 15.4. The molecule has 0 aliphatic carbocycles. The van der Waals surface area contributed by atoms with E-state index >= 15 is 0 Å². The van der Waals surface area contributed by atoms with Crippen LogP contribution in [0.2, 0.25) is 0 Å². The predicted molar refractivity (Wildman–Crippen MR) is 35.5 cm³/mol. The van der Waals surface area contributed by atoms with Crippen LogP contribution in [0.5, 0.6) is 0 Å². The van der Waals surface area contributed by atoms with E-state index in [0.717, 1.165) is 0 Å². The highest BCUT2D eigenvalue weighted by atomic mass is 19.4. The second-order valence-corrected chi connectivity index (χ2v) is 3.03. The molecule has 0 fully saturated rings. The molecule has 0 heterocycles. The summed E-state index contributed by atoms with van der Waals surface area (Å²) < 4.78 is 109. The minimum absolute atomic E-state index is 1.94. The van der Waals surface area contributed by atoms with Crippen LogP contribution in [0.1, 0.15) is 12.8 Å². The van der Waals surface area contributed by atoms with Crippen LogP contribution >= 0.6 is 0 Å². The standard InChI is InChI=1S/C7H6F9/c1-2-4(8,9)7(15,16)5(10,11)3-6(12,13)14/h1-3H2. The summed E-state index contributed by atoms with van der Waals surface area (Å²) in [6.07, 6.45) is -10.9. The SMILES string of the molecule is [CH2]CC(F)(F)C(F)(F)C(F)(F)CC(F)(F)F. The third-order valence-electron chi connectivity index (χ3n) is 1.66. The quantitative estimate of drug-likeness (QED) is 0.669. The fourth-order valence-electron chi connectivity index (χ4n) is 0.787. The van der Waals surface area contributed by atoms with Crippen molar-refractivity contribution in [2.24, 2.45) is 0 Å². The summed E-state index contributed by atoms with van der Waals surface area (Å²) in [6, 6.07) is 0. The van der Waals surface area contributed by atoms with Crippen LogP contribution in [-0.2, 0) is 0 Å². The highest BCUT2D eigenvalue weighted by molar-refractivity contribution is 4.97. The molecule has 0 aromatic carbocycles. The molecule has 0 aromatic heterocycles. The number of rotatable bonds is 4. The third kappa shape index (κ3) is 2.94. The van der Waals surface area contributed by atoms with Crippen molar-refractivity contribution in [2.45, 2.75) is 36.8 Å². The van der Waals surface area contributed by atoms with Gasteiger partial charge >= 0.3 is 23.9 Å². The molecular formula is C7H6F9. The van der Waals surface area contributed by atoms with Gasteiger partial charge in [0.05, 0.1) is 0 Å². The highest BCUT2D eigenvalue weighted by Gasteiger charge is 2.72. The highest BCUT2D eigenvalue weighted by Crippen LogP contribution is 2.50. The molecule has 0 atom stereocenters. The lowest BCUT2D eigenvalue weighted by Crippen LogP contribution is -2.55. The van der Waals surface area contributed by atoms with Crippen molar-refractivity contribution in [1.82, 2.24) is 0 Å². The first-order chi connectivity index (χ1) is 6.77. The fraction of sp³-hybridized carbons (Fsp3) is 0.857. The fourth-order valence-corrected chi connectivity index (χ4v) is 0.787. The smallest absolute Gasteiger partial charge is 0.200 e. The minimum Gasteiger partial charge on any atom is -0.200 e. The van der Waals surface area contributed by atoms with Crippen LogP contribution in [0.4, 0.5) is 39.5 Å². The first-order valence-electron chi connectivity index (χ1n) is 3.76. The van der Waals surface area contributed by atoms with Gasteiger partial charge in [-0.15, -0.1) is 0 Å². The van der Waals surface area contributed by atoms with Gasteiger partial charge in [0.2, 0.25) is 0 Å². The second-order valence-electron chi connectivity index (χ2n) is 3.03. The molecule has 0 aliphatic rings. The third-order valence-corrected chi connectivity index (χ3v) is 1.66. The van der Waals surface area contributed by atoms with E-state index in [2.05, 4.69) is 6.92 Å². The summed E-state index contributed by atoms with van der Waals surface area (Å²) in [5, 5.41) is 0. The van der Waals surface area contributed by atoms with Crippen LogP contribution in [0.15, 0.2) is 0 Å². The Bertz CT molecular complexity index is 239. The van der Waals surface area contributed by atoms with Crippen LogP contribution in [-0.4, -0.2) is 23.9 Å². The van der Waals surface area contributed by atoms with E-state index in [1.807, 2.05) is 0 Å². The molecule has 0 aromatic rings. The molecule has 9 heteroatoms. The van der Waals surface area contributed by atoms with E-state index in [1.54, 1.807) is 0 Å². The average molecular weight is 261 g/mol. The van der Waals surface area contributed by atoms with Crippen molar-refractivity contribution in [3.8, 4) is 0 Å². The maximum absolute atomic E-state index is 12.5. The molecule has 97 valence electrons. The van der Waals surface area contributed by atoms with E-state index in [-0.39, 0.29) is 0 Å². The Labute approximate surface area is 84.4 Å². The second kappa shape index (κ2) is 3.99. The summed E-state index contributed by atoms with van der Waals surface area (Å²) in [5.41, 5.74) is 0. The maximum Gasteiger partial charge on any atom is 0.395 e. The van der Waals surface area contributed by atoms with E-state index in [0.29, 0.717) is 0 Å². The van der Waals surface area contributed by atoms with E-state index in [9.17, 15) is 39.5 Å². The number of hydrogen-bond donors (Lipinski definition) is 0. The van der Waals surface area contributed by atoms with Gasteiger partial charge in [-0.3, -0.25) is 0 Å². The van der Waals surface area contributed by atoms with Crippen molar-refractivity contribution in [2.75, 3.05) is 0 Å². The van der Waals surface area contributed by atoms with Crippen molar-refractivity contribution in [3.05, 3.63) is 6.92 Å². The summed E-state index contributed by atoms with van der Waals surface area (Å²) in [6.45, 7) is 2.29. The van der Waals surface area contributed by atoms with Crippen LogP contribution in [0.3, 0.4) is 0 Å². The van der Waals surface area contributed by atoms with Crippen molar-refractivity contribution >= 4 is 0 Å². The number of alkyl halides is 9. The van der Waals surface area contributed by atoms with Crippen molar-refractivity contribution in [3.63, 3.8) is 0 Å². The van der Waals surface area contributed by atoms with Gasteiger partial charge in [0.15, 0.2) is 0 Å². The van der Waals surface area contributed by atoms with Crippen molar-refractivity contribution in [1.29, 1.82) is 0 Å². The van der Waals surface area contributed by atoms with Crippen LogP contribution in [0, 0.1) is 6.92 Å². The molecule has 0 amide bonds. The maximum atomic E-state index is 12.5.